The number of carbonyl (C=O) groups is 2. The molecule has 19 heavy (non-hydrogen) atoms. The first kappa shape index (κ1) is 14.6. The summed E-state index contributed by atoms with van der Waals surface area (Å²) < 4.78 is 0.883. The van der Waals surface area contributed by atoms with Crippen molar-refractivity contribution in [3.05, 3.63) is 32.4 Å². The highest BCUT2D eigenvalue weighted by atomic mass is 127. The summed E-state index contributed by atoms with van der Waals surface area (Å²) in [5, 5.41) is 9.61. The zero-order chi connectivity index (χ0) is 14.2. The van der Waals surface area contributed by atoms with E-state index in [0.717, 1.165) is 3.57 Å². The molecule has 1 N–H and O–H groups in total. The maximum atomic E-state index is 12.3. The number of nitrogens with zero attached hydrogens (tertiary/aromatic N) is 1. The third-order valence-electron chi connectivity index (χ3n) is 3.38. The molecule has 2 rings (SSSR count). The van der Waals surface area contributed by atoms with Crippen molar-refractivity contribution in [1.29, 1.82) is 0 Å². The zero-order valence-electron chi connectivity index (χ0n) is 10.3. The molecule has 0 radical (unpaired) electrons. The van der Waals surface area contributed by atoms with Gasteiger partial charge in [-0.05, 0) is 46.7 Å². The van der Waals surface area contributed by atoms with Gasteiger partial charge in [0.15, 0.2) is 0 Å². The fourth-order valence-electron chi connectivity index (χ4n) is 2.27. The number of carboxylic acid groups (broad SMARTS) is 1. The fourth-order valence-corrected chi connectivity index (χ4v) is 2.78. The molecule has 0 spiro atoms. The topological polar surface area (TPSA) is 57.6 Å². The van der Waals surface area contributed by atoms with E-state index in [0.29, 0.717) is 17.1 Å². The van der Waals surface area contributed by atoms with Gasteiger partial charge < -0.3 is 10.0 Å². The molecule has 4 nitrogen and oxygen atoms in total. The summed E-state index contributed by atoms with van der Waals surface area (Å²) in [7, 11) is 0. The SMILES string of the molecule is CC1CN(C(=O)c2ccc(I)c(Cl)c2)CC1C(=O)O. The predicted octanol–water partition coefficient (Wildman–Crippen LogP) is 2.74. The summed E-state index contributed by atoms with van der Waals surface area (Å²) in [6.07, 6.45) is 0. The van der Waals surface area contributed by atoms with E-state index in [9.17, 15) is 9.59 Å². The molecule has 0 saturated carbocycles. The first-order valence-electron chi connectivity index (χ1n) is 5.87. The van der Waals surface area contributed by atoms with Gasteiger partial charge >= 0.3 is 5.97 Å². The Hall–Kier alpha value is -0.820. The molecule has 1 aromatic rings. The lowest BCUT2D eigenvalue weighted by atomic mass is 9.99. The van der Waals surface area contributed by atoms with Crippen molar-refractivity contribution < 1.29 is 14.7 Å². The van der Waals surface area contributed by atoms with Crippen LogP contribution >= 0.6 is 34.2 Å². The van der Waals surface area contributed by atoms with Gasteiger partial charge in [-0.3, -0.25) is 9.59 Å². The van der Waals surface area contributed by atoms with Crippen molar-refractivity contribution in [2.24, 2.45) is 11.8 Å². The Morgan fingerprint density at radius 2 is 2.11 bits per heavy atom. The molecule has 1 aromatic carbocycles. The Labute approximate surface area is 129 Å². The summed E-state index contributed by atoms with van der Waals surface area (Å²) in [5.41, 5.74) is 0.503. The number of carboxylic acids is 1. The van der Waals surface area contributed by atoms with Crippen LogP contribution < -0.4 is 0 Å². The average molecular weight is 394 g/mol. The zero-order valence-corrected chi connectivity index (χ0v) is 13.2. The number of carbonyl (C=O) groups excluding carboxylic acids is 1. The van der Waals surface area contributed by atoms with Gasteiger partial charge in [-0.1, -0.05) is 18.5 Å². The minimum absolute atomic E-state index is 0.0271. The van der Waals surface area contributed by atoms with E-state index < -0.39 is 11.9 Å². The first-order valence-corrected chi connectivity index (χ1v) is 7.33. The van der Waals surface area contributed by atoms with Gasteiger partial charge in [-0.25, -0.2) is 0 Å². The van der Waals surface area contributed by atoms with Gasteiger partial charge in [0.2, 0.25) is 0 Å². The summed E-state index contributed by atoms with van der Waals surface area (Å²) in [6.45, 7) is 2.59. The fraction of sp³-hybridized carbons (Fsp3) is 0.385. The predicted molar refractivity (Wildman–Crippen MR) is 80.4 cm³/mol. The second-order valence-corrected chi connectivity index (χ2v) is 6.33. The Kier molecular flexibility index (Phi) is 4.35. The van der Waals surface area contributed by atoms with Crippen molar-refractivity contribution in [2.75, 3.05) is 13.1 Å². The molecule has 2 atom stereocenters. The number of aliphatic carboxylic acids is 1. The lowest BCUT2D eigenvalue weighted by molar-refractivity contribution is -0.142. The number of likely N-dealkylation sites (tertiary alicyclic amines) is 1. The lowest BCUT2D eigenvalue weighted by Gasteiger charge is -2.16. The Bertz CT molecular complexity index is 535. The van der Waals surface area contributed by atoms with Gasteiger partial charge in [0.05, 0.1) is 10.9 Å². The van der Waals surface area contributed by atoms with E-state index in [2.05, 4.69) is 22.6 Å². The lowest BCUT2D eigenvalue weighted by Crippen LogP contribution is -2.29. The van der Waals surface area contributed by atoms with Gasteiger partial charge in [0.1, 0.15) is 0 Å². The second kappa shape index (κ2) is 5.66. The van der Waals surface area contributed by atoms with Crippen molar-refractivity contribution in [1.82, 2.24) is 4.90 Å². The number of hydrogen-bond acceptors (Lipinski definition) is 2. The number of halogens is 2. The van der Waals surface area contributed by atoms with E-state index in [1.54, 1.807) is 23.1 Å². The number of hydrogen-bond donors (Lipinski definition) is 1. The number of amides is 1. The van der Waals surface area contributed by atoms with Crippen LogP contribution in [0.4, 0.5) is 0 Å². The molecule has 102 valence electrons. The highest BCUT2D eigenvalue weighted by molar-refractivity contribution is 14.1. The molecule has 1 saturated heterocycles. The van der Waals surface area contributed by atoms with E-state index in [-0.39, 0.29) is 18.4 Å². The molecule has 1 heterocycles. The number of benzene rings is 1. The highest BCUT2D eigenvalue weighted by Gasteiger charge is 2.37. The summed E-state index contributed by atoms with van der Waals surface area (Å²) in [4.78, 5) is 24.9. The molecular weight excluding hydrogens is 381 g/mol. The van der Waals surface area contributed by atoms with Crippen LogP contribution in [-0.2, 0) is 4.79 Å². The van der Waals surface area contributed by atoms with Crippen molar-refractivity contribution >= 4 is 46.1 Å². The molecule has 1 amide bonds. The third-order valence-corrected chi connectivity index (χ3v) is 4.96. The maximum absolute atomic E-state index is 12.3. The van der Waals surface area contributed by atoms with Crippen LogP contribution in [-0.4, -0.2) is 35.0 Å². The first-order chi connectivity index (χ1) is 8.90. The monoisotopic (exact) mass is 393 g/mol. The van der Waals surface area contributed by atoms with E-state index >= 15 is 0 Å². The van der Waals surface area contributed by atoms with Gasteiger partial charge in [0.25, 0.3) is 5.91 Å². The minimum Gasteiger partial charge on any atom is -0.481 e. The molecular formula is C13H13ClINO3. The quantitative estimate of drug-likeness (QED) is 0.786. The molecule has 1 fully saturated rings. The summed E-state index contributed by atoms with van der Waals surface area (Å²) >= 11 is 8.09. The normalized spacial score (nSPS) is 22.6. The van der Waals surface area contributed by atoms with Crippen LogP contribution in [0.15, 0.2) is 18.2 Å². The standard InChI is InChI=1S/C13H13ClINO3/c1-7-5-16(6-9(7)13(18)19)12(17)8-2-3-11(15)10(14)4-8/h2-4,7,9H,5-6H2,1H3,(H,18,19). The van der Waals surface area contributed by atoms with E-state index in [4.69, 9.17) is 16.7 Å². The second-order valence-electron chi connectivity index (χ2n) is 4.76. The molecule has 6 heteroatoms. The van der Waals surface area contributed by atoms with Crippen LogP contribution in [0, 0.1) is 15.4 Å². The molecule has 0 aromatic heterocycles. The van der Waals surface area contributed by atoms with Crippen LogP contribution in [0.25, 0.3) is 0 Å². The van der Waals surface area contributed by atoms with Gasteiger partial charge in [0, 0.05) is 22.2 Å². The van der Waals surface area contributed by atoms with Gasteiger partial charge in [-0.15, -0.1) is 0 Å². The van der Waals surface area contributed by atoms with Gasteiger partial charge in [-0.2, -0.15) is 0 Å². The Morgan fingerprint density at radius 3 is 2.63 bits per heavy atom. The van der Waals surface area contributed by atoms with E-state index in [1.807, 2.05) is 6.92 Å². The molecule has 2 unspecified atom stereocenters. The number of rotatable bonds is 2. The van der Waals surface area contributed by atoms with E-state index in [1.165, 1.54) is 0 Å². The van der Waals surface area contributed by atoms with Crippen LogP contribution in [0.5, 0.6) is 0 Å². The smallest absolute Gasteiger partial charge is 0.308 e. The van der Waals surface area contributed by atoms with Crippen LogP contribution in [0.3, 0.4) is 0 Å². The summed E-state index contributed by atoms with van der Waals surface area (Å²) in [6, 6.07) is 5.13. The van der Waals surface area contributed by atoms with Crippen LogP contribution in [0.2, 0.25) is 5.02 Å². The van der Waals surface area contributed by atoms with Crippen LogP contribution in [0.1, 0.15) is 17.3 Å². The summed E-state index contributed by atoms with van der Waals surface area (Å²) in [5.74, 6) is -1.51. The van der Waals surface area contributed by atoms with Crippen molar-refractivity contribution in [3.63, 3.8) is 0 Å². The maximum Gasteiger partial charge on any atom is 0.308 e. The molecule has 1 aliphatic rings. The third kappa shape index (κ3) is 3.02. The average Bonchev–Trinajstić information content (AvgIpc) is 2.74. The largest absolute Gasteiger partial charge is 0.481 e. The Balaban J connectivity index is 2.17. The van der Waals surface area contributed by atoms with Crippen molar-refractivity contribution in [3.8, 4) is 0 Å². The molecule has 0 bridgehead atoms. The Morgan fingerprint density at radius 1 is 1.42 bits per heavy atom. The van der Waals surface area contributed by atoms with Crippen molar-refractivity contribution in [2.45, 2.75) is 6.92 Å². The molecule has 0 aliphatic carbocycles. The highest BCUT2D eigenvalue weighted by Crippen LogP contribution is 2.26. The minimum atomic E-state index is -0.844. The molecule has 1 aliphatic heterocycles.